The summed E-state index contributed by atoms with van der Waals surface area (Å²) in [6, 6.07) is 14.1. The molecule has 0 spiro atoms. The number of allylic oxidation sites excluding steroid dienone is 1. The van der Waals surface area contributed by atoms with Crippen molar-refractivity contribution >= 4 is 22.7 Å². The van der Waals surface area contributed by atoms with Crippen molar-refractivity contribution in [3.8, 4) is 6.07 Å². The van der Waals surface area contributed by atoms with E-state index in [0.29, 0.717) is 27.8 Å². The summed E-state index contributed by atoms with van der Waals surface area (Å²) in [4.78, 5) is 8.54. The van der Waals surface area contributed by atoms with Crippen molar-refractivity contribution in [2.24, 2.45) is 10.7 Å². The second kappa shape index (κ2) is 6.29. The van der Waals surface area contributed by atoms with E-state index in [1.807, 2.05) is 6.07 Å². The molecule has 1 unspecified atom stereocenters. The molecule has 0 bridgehead atoms. The quantitative estimate of drug-likeness (QED) is 0.718. The number of fused-ring (bicyclic) bond motifs is 1. The van der Waals surface area contributed by atoms with Crippen LogP contribution in [-0.4, -0.2) is 11.2 Å². The molecule has 2 aromatic carbocycles. The maximum absolute atomic E-state index is 13.0. The Morgan fingerprint density at radius 3 is 2.64 bits per heavy atom. The van der Waals surface area contributed by atoms with Gasteiger partial charge in [0.1, 0.15) is 6.07 Å². The highest BCUT2D eigenvalue weighted by molar-refractivity contribution is 6.12. The third kappa shape index (κ3) is 3.15. The number of rotatable bonds is 2. The maximum Gasteiger partial charge on any atom is 0.416 e. The first-order chi connectivity index (χ1) is 13.3. The Morgan fingerprint density at radius 1 is 1.07 bits per heavy atom. The molecule has 0 radical (unpaired) electrons. The number of hydrogen-bond donors (Lipinski definition) is 1. The molecule has 2 N–H and O–H groups in total. The number of alkyl halides is 3. The zero-order chi connectivity index (χ0) is 19.9. The molecule has 1 aromatic heterocycles. The standard InChI is InChI=1S/C21H13F3N4/c22-21(23,24)18-3-1-2-14(7-18)16-9-20(26,28-12-16)17-4-5-19-15(8-17)6-13(10-25)11-27-19/h1-9,11-12H,26H2. The third-order valence-electron chi connectivity index (χ3n) is 4.59. The summed E-state index contributed by atoms with van der Waals surface area (Å²) in [7, 11) is 0. The van der Waals surface area contributed by atoms with Gasteiger partial charge in [-0.15, -0.1) is 0 Å². The van der Waals surface area contributed by atoms with Crippen LogP contribution in [0.3, 0.4) is 0 Å². The molecule has 0 amide bonds. The summed E-state index contributed by atoms with van der Waals surface area (Å²) in [5, 5.41) is 9.77. The van der Waals surface area contributed by atoms with E-state index in [2.05, 4.69) is 9.98 Å². The minimum atomic E-state index is -4.42. The summed E-state index contributed by atoms with van der Waals surface area (Å²) in [5.74, 6) is 0. The average Bonchev–Trinajstić information content (AvgIpc) is 3.10. The van der Waals surface area contributed by atoms with Crippen molar-refractivity contribution < 1.29 is 13.2 Å². The molecule has 0 saturated heterocycles. The Hall–Kier alpha value is -3.50. The van der Waals surface area contributed by atoms with Gasteiger partial charge in [-0.1, -0.05) is 18.2 Å². The lowest BCUT2D eigenvalue weighted by molar-refractivity contribution is -0.137. The molecule has 138 valence electrons. The molecule has 0 fully saturated rings. The first-order valence-corrected chi connectivity index (χ1v) is 8.33. The van der Waals surface area contributed by atoms with Gasteiger partial charge in [0.2, 0.25) is 0 Å². The summed E-state index contributed by atoms with van der Waals surface area (Å²) in [6.07, 6.45) is 0.171. The number of hydrogen-bond acceptors (Lipinski definition) is 4. The van der Waals surface area contributed by atoms with Crippen LogP contribution in [0, 0.1) is 11.3 Å². The van der Waals surface area contributed by atoms with E-state index in [-0.39, 0.29) is 0 Å². The molecule has 1 atom stereocenters. The smallest absolute Gasteiger partial charge is 0.300 e. The number of nitrogens with two attached hydrogens (primary N) is 1. The van der Waals surface area contributed by atoms with Crippen molar-refractivity contribution in [1.82, 2.24) is 4.98 Å². The van der Waals surface area contributed by atoms with Gasteiger partial charge in [0.05, 0.1) is 16.6 Å². The number of nitriles is 1. The Labute approximate surface area is 158 Å². The van der Waals surface area contributed by atoms with Crippen molar-refractivity contribution in [2.45, 2.75) is 11.8 Å². The van der Waals surface area contributed by atoms with Gasteiger partial charge in [-0.25, -0.2) is 0 Å². The lowest BCUT2D eigenvalue weighted by atomic mass is 9.96. The monoisotopic (exact) mass is 378 g/mol. The van der Waals surface area contributed by atoms with Crippen LogP contribution in [0.15, 0.2) is 65.8 Å². The molecular weight excluding hydrogens is 365 g/mol. The van der Waals surface area contributed by atoms with Gasteiger partial charge in [-0.05, 0) is 53.1 Å². The predicted molar refractivity (Wildman–Crippen MR) is 100 cm³/mol. The van der Waals surface area contributed by atoms with Crippen molar-refractivity contribution in [2.75, 3.05) is 0 Å². The van der Waals surface area contributed by atoms with E-state index in [0.717, 1.165) is 17.5 Å². The molecule has 3 aromatic rings. The van der Waals surface area contributed by atoms with Crippen molar-refractivity contribution in [3.63, 3.8) is 0 Å². The number of pyridine rings is 1. The van der Waals surface area contributed by atoms with Gasteiger partial charge in [0.15, 0.2) is 5.66 Å². The van der Waals surface area contributed by atoms with Gasteiger partial charge in [0.25, 0.3) is 0 Å². The molecule has 7 heteroatoms. The Balaban J connectivity index is 1.74. The summed E-state index contributed by atoms with van der Waals surface area (Å²) >= 11 is 0. The topological polar surface area (TPSA) is 75.1 Å². The molecule has 1 aliphatic rings. The SMILES string of the molecule is N#Cc1cnc2ccc(C3(N)C=C(c4cccc(C(F)(F)F)c4)C=N3)cc2c1. The van der Waals surface area contributed by atoms with Crippen LogP contribution < -0.4 is 5.73 Å². The van der Waals surface area contributed by atoms with Crippen LogP contribution in [-0.2, 0) is 11.8 Å². The fourth-order valence-electron chi connectivity index (χ4n) is 3.12. The van der Waals surface area contributed by atoms with Crippen LogP contribution in [0.5, 0.6) is 0 Å². The molecule has 4 rings (SSSR count). The van der Waals surface area contributed by atoms with Crippen molar-refractivity contribution in [3.05, 3.63) is 83.1 Å². The fourth-order valence-corrected chi connectivity index (χ4v) is 3.12. The van der Waals surface area contributed by atoms with E-state index in [9.17, 15) is 13.2 Å². The third-order valence-corrected chi connectivity index (χ3v) is 4.59. The minimum Gasteiger partial charge on any atom is -0.300 e. The first-order valence-electron chi connectivity index (χ1n) is 8.33. The highest BCUT2D eigenvalue weighted by Gasteiger charge is 2.32. The fraction of sp³-hybridized carbons (Fsp3) is 0.0952. The Bertz CT molecular complexity index is 1190. The number of benzene rings is 2. The highest BCUT2D eigenvalue weighted by atomic mass is 19.4. The molecule has 0 saturated carbocycles. The summed E-state index contributed by atoms with van der Waals surface area (Å²) < 4.78 is 38.9. The number of halogens is 3. The van der Waals surface area contributed by atoms with Gasteiger partial charge in [-0.3, -0.25) is 9.98 Å². The Kier molecular flexibility index (Phi) is 4.02. The lowest BCUT2D eigenvalue weighted by Gasteiger charge is -2.19. The molecule has 4 nitrogen and oxygen atoms in total. The van der Waals surface area contributed by atoms with E-state index in [4.69, 9.17) is 11.0 Å². The number of aliphatic imine (C=N–C) groups is 1. The average molecular weight is 378 g/mol. The molecule has 0 aliphatic carbocycles. The largest absolute Gasteiger partial charge is 0.416 e. The van der Waals surface area contributed by atoms with Gasteiger partial charge in [0, 0.05) is 17.8 Å². The van der Waals surface area contributed by atoms with Gasteiger partial charge in [-0.2, -0.15) is 18.4 Å². The molecule has 1 aliphatic heterocycles. The zero-order valence-corrected chi connectivity index (χ0v) is 14.4. The van der Waals surface area contributed by atoms with E-state index < -0.39 is 17.4 Å². The van der Waals surface area contributed by atoms with Gasteiger partial charge >= 0.3 is 6.18 Å². The van der Waals surface area contributed by atoms with Crippen LogP contribution in [0.1, 0.15) is 22.3 Å². The predicted octanol–water partition coefficient (Wildman–Crippen LogP) is 4.40. The molecular formula is C21H13F3N4. The summed E-state index contributed by atoms with van der Waals surface area (Å²) in [6.45, 7) is 0. The van der Waals surface area contributed by atoms with E-state index in [1.54, 1.807) is 36.4 Å². The highest BCUT2D eigenvalue weighted by Crippen LogP contribution is 2.35. The lowest BCUT2D eigenvalue weighted by Crippen LogP contribution is -2.30. The van der Waals surface area contributed by atoms with Gasteiger partial charge < -0.3 is 5.73 Å². The van der Waals surface area contributed by atoms with Crippen molar-refractivity contribution in [1.29, 1.82) is 5.26 Å². The van der Waals surface area contributed by atoms with Crippen LogP contribution in [0.25, 0.3) is 16.5 Å². The van der Waals surface area contributed by atoms with E-state index in [1.165, 1.54) is 18.5 Å². The Morgan fingerprint density at radius 2 is 1.89 bits per heavy atom. The second-order valence-corrected chi connectivity index (χ2v) is 6.51. The maximum atomic E-state index is 13.0. The molecule has 28 heavy (non-hydrogen) atoms. The number of aromatic nitrogens is 1. The number of nitrogens with zero attached hydrogens (tertiary/aromatic N) is 3. The molecule has 2 heterocycles. The summed E-state index contributed by atoms with van der Waals surface area (Å²) in [5.41, 5.74) is 7.15. The van der Waals surface area contributed by atoms with E-state index >= 15 is 0 Å². The minimum absolute atomic E-state index is 0.389. The van der Waals surface area contributed by atoms with Crippen LogP contribution in [0.2, 0.25) is 0 Å². The zero-order valence-electron chi connectivity index (χ0n) is 14.4. The van der Waals surface area contributed by atoms with Crippen LogP contribution in [0.4, 0.5) is 13.2 Å². The second-order valence-electron chi connectivity index (χ2n) is 6.51. The normalized spacial score (nSPS) is 18.9. The van der Waals surface area contributed by atoms with Crippen LogP contribution >= 0.6 is 0 Å². The first kappa shape index (κ1) is 17.9.